The van der Waals surface area contributed by atoms with E-state index in [1.54, 1.807) is 0 Å². The van der Waals surface area contributed by atoms with Gasteiger partial charge in [-0.1, -0.05) is 6.92 Å². The van der Waals surface area contributed by atoms with Crippen LogP contribution in [0.3, 0.4) is 0 Å². The first kappa shape index (κ1) is 17.5. The molecule has 0 saturated heterocycles. The standard InChI is InChI=1S/C10H17F6NO/c1-5-17(6(2)3)7(4)8(18,9(11,12)13)10(14,15)16/h6-7,18H,5H2,1-4H3. The Morgan fingerprint density at radius 1 is 0.944 bits per heavy atom. The molecule has 0 bridgehead atoms. The number of nitrogens with zero attached hydrogens (tertiary/aromatic N) is 1. The van der Waals surface area contributed by atoms with Crippen LogP contribution >= 0.6 is 0 Å². The summed E-state index contributed by atoms with van der Waals surface area (Å²) >= 11 is 0. The van der Waals surface area contributed by atoms with E-state index in [2.05, 4.69) is 0 Å². The second-order valence-corrected chi connectivity index (χ2v) is 4.36. The molecule has 8 heteroatoms. The van der Waals surface area contributed by atoms with Crippen LogP contribution in [-0.2, 0) is 0 Å². The molecular weight excluding hydrogens is 264 g/mol. The van der Waals surface area contributed by atoms with E-state index >= 15 is 0 Å². The molecule has 0 amide bonds. The third-order valence-electron chi connectivity index (χ3n) is 2.99. The van der Waals surface area contributed by atoms with E-state index in [-0.39, 0.29) is 6.54 Å². The molecule has 1 atom stereocenters. The Morgan fingerprint density at radius 3 is 1.44 bits per heavy atom. The summed E-state index contributed by atoms with van der Waals surface area (Å²) in [6.45, 7) is 5.06. The molecular formula is C10H17F6NO. The third-order valence-corrected chi connectivity index (χ3v) is 2.99. The van der Waals surface area contributed by atoms with Gasteiger partial charge in [0.2, 0.25) is 0 Å². The van der Waals surface area contributed by atoms with E-state index < -0.39 is 30.0 Å². The molecule has 0 spiro atoms. The minimum absolute atomic E-state index is 0.0344. The van der Waals surface area contributed by atoms with Crippen molar-refractivity contribution >= 4 is 0 Å². The number of aliphatic hydroxyl groups is 1. The Morgan fingerprint density at radius 2 is 1.28 bits per heavy atom. The zero-order chi connectivity index (χ0) is 14.9. The van der Waals surface area contributed by atoms with Crippen molar-refractivity contribution in [2.24, 2.45) is 0 Å². The Balaban J connectivity index is 5.63. The fourth-order valence-electron chi connectivity index (χ4n) is 1.96. The van der Waals surface area contributed by atoms with Crippen LogP contribution in [-0.4, -0.2) is 46.6 Å². The highest BCUT2D eigenvalue weighted by Crippen LogP contribution is 2.46. The van der Waals surface area contributed by atoms with Crippen LogP contribution in [0.15, 0.2) is 0 Å². The molecule has 0 aliphatic carbocycles. The highest BCUT2D eigenvalue weighted by atomic mass is 19.4. The highest BCUT2D eigenvalue weighted by Gasteiger charge is 2.73. The molecule has 110 valence electrons. The van der Waals surface area contributed by atoms with Crippen molar-refractivity contribution in [2.75, 3.05) is 6.54 Å². The maximum Gasteiger partial charge on any atom is 0.427 e. The molecule has 0 aromatic heterocycles. The monoisotopic (exact) mass is 281 g/mol. The fraction of sp³-hybridized carbons (Fsp3) is 1.00. The summed E-state index contributed by atoms with van der Waals surface area (Å²) in [6.07, 6.45) is -11.6. The van der Waals surface area contributed by atoms with Crippen LogP contribution in [0.2, 0.25) is 0 Å². The fourth-order valence-corrected chi connectivity index (χ4v) is 1.96. The first-order valence-electron chi connectivity index (χ1n) is 5.42. The Bertz CT molecular complexity index is 259. The minimum atomic E-state index is -5.78. The lowest BCUT2D eigenvalue weighted by Gasteiger charge is -2.43. The van der Waals surface area contributed by atoms with E-state index in [0.29, 0.717) is 0 Å². The Hall–Kier alpha value is -0.500. The minimum Gasteiger partial charge on any atom is -0.372 e. The van der Waals surface area contributed by atoms with Crippen molar-refractivity contribution in [2.45, 2.75) is 57.7 Å². The van der Waals surface area contributed by atoms with Crippen LogP contribution in [0.5, 0.6) is 0 Å². The van der Waals surface area contributed by atoms with E-state index in [1.807, 2.05) is 0 Å². The molecule has 0 aromatic rings. The number of alkyl halides is 6. The molecule has 0 saturated carbocycles. The van der Waals surface area contributed by atoms with Gasteiger partial charge in [-0.15, -0.1) is 0 Å². The molecule has 0 heterocycles. The van der Waals surface area contributed by atoms with E-state index in [9.17, 15) is 31.4 Å². The van der Waals surface area contributed by atoms with Crippen molar-refractivity contribution in [1.29, 1.82) is 0 Å². The molecule has 1 N–H and O–H groups in total. The smallest absolute Gasteiger partial charge is 0.372 e. The highest BCUT2D eigenvalue weighted by molar-refractivity contribution is 5.02. The third kappa shape index (κ3) is 2.90. The first-order valence-corrected chi connectivity index (χ1v) is 5.42. The topological polar surface area (TPSA) is 23.5 Å². The summed E-state index contributed by atoms with van der Waals surface area (Å²) in [4.78, 5) is 0.945. The second kappa shape index (κ2) is 5.24. The summed E-state index contributed by atoms with van der Waals surface area (Å²) in [5, 5.41) is 9.21. The van der Waals surface area contributed by atoms with Crippen molar-refractivity contribution in [3.05, 3.63) is 0 Å². The second-order valence-electron chi connectivity index (χ2n) is 4.36. The van der Waals surface area contributed by atoms with Gasteiger partial charge in [0.05, 0.1) is 6.04 Å². The number of halogens is 6. The van der Waals surface area contributed by atoms with E-state index in [1.165, 1.54) is 20.8 Å². The van der Waals surface area contributed by atoms with Gasteiger partial charge in [0.15, 0.2) is 0 Å². The van der Waals surface area contributed by atoms with Gasteiger partial charge < -0.3 is 5.11 Å². The molecule has 0 fully saturated rings. The van der Waals surface area contributed by atoms with Gasteiger partial charge in [-0.2, -0.15) is 26.3 Å². The Kier molecular flexibility index (Phi) is 5.10. The van der Waals surface area contributed by atoms with Crippen LogP contribution in [0, 0.1) is 0 Å². The van der Waals surface area contributed by atoms with Crippen LogP contribution in [0.4, 0.5) is 26.3 Å². The van der Waals surface area contributed by atoms with Crippen LogP contribution in [0.25, 0.3) is 0 Å². The van der Waals surface area contributed by atoms with Crippen molar-refractivity contribution in [1.82, 2.24) is 4.90 Å². The van der Waals surface area contributed by atoms with E-state index in [0.717, 1.165) is 11.8 Å². The average Bonchev–Trinajstić information content (AvgIpc) is 2.12. The average molecular weight is 281 g/mol. The zero-order valence-corrected chi connectivity index (χ0v) is 10.5. The normalized spacial score (nSPS) is 16.5. The van der Waals surface area contributed by atoms with Crippen LogP contribution < -0.4 is 0 Å². The summed E-state index contributed by atoms with van der Waals surface area (Å²) in [6, 6.07) is -2.68. The first-order chi connectivity index (χ1) is 7.80. The maximum absolute atomic E-state index is 12.6. The Labute approximate surface area is 102 Å². The molecule has 0 aliphatic heterocycles. The van der Waals surface area contributed by atoms with Gasteiger partial charge in [-0.25, -0.2) is 0 Å². The largest absolute Gasteiger partial charge is 0.427 e. The maximum atomic E-state index is 12.6. The summed E-state index contributed by atoms with van der Waals surface area (Å²) in [7, 11) is 0. The van der Waals surface area contributed by atoms with Gasteiger partial charge in [0, 0.05) is 6.04 Å². The molecule has 18 heavy (non-hydrogen) atoms. The number of likely N-dealkylation sites (N-methyl/N-ethyl adjacent to an activating group) is 1. The molecule has 0 aromatic carbocycles. The number of hydrogen-bond acceptors (Lipinski definition) is 2. The summed E-state index contributed by atoms with van der Waals surface area (Å²) < 4.78 is 75.7. The molecule has 0 aliphatic rings. The van der Waals surface area contributed by atoms with Gasteiger partial charge in [0.1, 0.15) is 0 Å². The molecule has 2 nitrogen and oxygen atoms in total. The summed E-state index contributed by atoms with van der Waals surface area (Å²) in [5.74, 6) is 0. The molecule has 0 rings (SSSR count). The molecule has 0 radical (unpaired) electrons. The van der Waals surface area contributed by atoms with Gasteiger partial charge >= 0.3 is 12.4 Å². The van der Waals surface area contributed by atoms with E-state index in [4.69, 9.17) is 0 Å². The SMILES string of the molecule is CCN(C(C)C)C(C)C(O)(C(F)(F)F)C(F)(F)F. The number of hydrogen-bond donors (Lipinski definition) is 1. The van der Waals surface area contributed by atoms with Gasteiger partial charge in [0.25, 0.3) is 5.60 Å². The quantitative estimate of drug-likeness (QED) is 0.801. The van der Waals surface area contributed by atoms with Crippen molar-refractivity contribution in [3.8, 4) is 0 Å². The zero-order valence-electron chi connectivity index (χ0n) is 10.5. The van der Waals surface area contributed by atoms with Crippen molar-refractivity contribution in [3.63, 3.8) is 0 Å². The lowest BCUT2D eigenvalue weighted by Crippen LogP contribution is -2.68. The lowest BCUT2D eigenvalue weighted by atomic mass is 9.91. The number of rotatable bonds is 4. The predicted octanol–water partition coefficient (Wildman–Crippen LogP) is 2.96. The molecule has 1 unspecified atom stereocenters. The lowest BCUT2D eigenvalue weighted by molar-refractivity contribution is -0.383. The van der Waals surface area contributed by atoms with Crippen molar-refractivity contribution < 1.29 is 31.4 Å². The van der Waals surface area contributed by atoms with Gasteiger partial charge in [-0.05, 0) is 27.3 Å². The van der Waals surface area contributed by atoms with Crippen LogP contribution in [0.1, 0.15) is 27.7 Å². The van der Waals surface area contributed by atoms with Gasteiger partial charge in [-0.3, -0.25) is 4.90 Å². The summed E-state index contributed by atoms with van der Waals surface area (Å²) in [5.41, 5.74) is -4.74. The predicted molar refractivity (Wildman–Crippen MR) is 54.0 cm³/mol.